The highest BCUT2D eigenvalue weighted by Crippen LogP contribution is 2.19. The van der Waals surface area contributed by atoms with E-state index in [2.05, 4.69) is 20.5 Å². The summed E-state index contributed by atoms with van der Waals surface area (Å²) in [4.78, 5) is 45.0. The van der Waals surface area contributed by atoms with E-state index < -0.39 is 0 Å². The molecule has 2 heterocycles. The average Bonchev–Trinajstić information content (AvgIpc) is 3.50. The van der Waals surface area contributed by atoms with Crippen molar-refractivity contribution in [2.45, 2.75) is 24.0 Å². The minimum absolute atomic E-state index is 0.0321. The molecule has 0 unspecified atom stereocenters. The molecule has 1 aliphatic heterocycles. The molecular formula is C22H28N6O3S. The first kappa shape index (κ1) is 22.3. The van der Waals surface area contributed by atoms with Gasteiger partial charge in [0.25, 0.3) is 5.91 Å². The smallest absolute Gasteiger partial charge is 0.253 e. The van der Waals surface area contributed by atoms with Crippen LogP contribution in [-0.4, -0.2) is 81.6 Å². The maximum absolute atomic E-state index is 12.8. The lowest BCUT2D eigenvalue weighted by molar-refractivity contribution is -0.122. The van der Waals surface area contributed by atoms with Crippen LogP contribution in [-0.2, 0) is 16.6 Å². The number of piperazine rings is 1. The van der Waals surface area contributed by atoms with Crippen LogP contribution >= 0.6 is 11.8 Å². The molecule has 0 spiro atoms. The SMILES string of the molecule is Cn1ccnc1SCC(=O)Nc1ccc(C(=O)N2CCN(CC(=O)NC3CC3)CC2)cc1. The fourth-order valence-corrected chi connectivity index (χ4v) is 4.24. The average molecular weight is 457 g/mol. The summed E-state index contributed by atoms with van der Waals surface area (Å²) in [5, 5.41) is 6.63. The predicted molar refractivity (Wildman–Crippen MR) is 123 cm³/mol. The summed E-state index contributed by atoms with van der Waals surface area (Å²) in [7, 11) is 1.88. The van der Waals surface area contributed by atoms with Gasteiger partial charge in [0.2, 0.25) is 11.8 Å². The Hall–Kier alpha value is -2.85. The van der Waals surface area contributed by atoms with Crippen molar-refractivity contribution in [3.8, 4) is 0 Å². The Balaban J connectivity index is 1.21. The lowest BCUT2D eigenvalue weighted by Crippen LogP contribution is -2.51. The van der Waals surface area contributed by atoms with Crippen LogP contribution in [0.3, 0.4) is 0 Å². The van der Waals surface area contributed by atoms with E-state index in [0.717, 1.165) is 18.0 Å². The number of nitrogens with one attached hydrogen (secondary N) is 2. The number of aryl methyl sites for hydroxylation is 1. The van der Waals surface area contributed by atoms with Crippen LogP contribution in [0.2, 0.25) is 0 Å². The summed E-state index contributed by atoms with van der Waals surface area (Å²) < 4.78 is 1.86. The zero-order valence-electron chi connectivity index (χ0n) is 18.1. The molecule has 1 saturated heterocycles. The molecule has 2 fully saturated rings. The molecule has 3 amide bonds. The number of amides is 3. The summed E-state index contributed by atoms with van der Waals surface area (Å²) in [6.07, 6.45) is 5.70. The zero-order valence-corrected chi connectivity index (χ0v) is 18.9. The van der Waals surface area contributed by atoms with Gasteiger partial charge in [-0.25, -0.2) is 4.98 Å². The van der Waals surface area contributed by atoms with E-state index in [1.807, 2.05) is 22.7 Å². The second-order valence-electron chi connectivity index (χ2n) is 8.15. The normalized spacial score (nSPS) is 16.6. The van der Waals surface area contributed by atoms with Crippen molar-refractivity contribution < 1.29 is 14.4 Å². The first-order valence-corrected chi connectivity index (χ1v) is 11.8. The van der Waals surface area contributed by atoms with Crippen LogP contribution in [0.25, 0.3) is 0 Å². The molecule has 2 aliphatic rings. The first-order valence-electron chi connectivity index (χ1n) is 10.8. The van der Waals surface area contributed by atoms with E-state index in [-0.39, 0.29) is 23.5 Å². The number of hydrogen-bond acceptors (Lipinski definition) is 6. The largest absolute Gasteiger partial charge is 0.352 e. The Morgan fingerprint density at radius 3 is 2.41 bits per heavy atom. The highest BCUT2D eigenvalue weighted by molar-refractivity contribution is 7.99. The molecule has 1 saturated carbocycles. The van der Waals surface area contributed by atoms with Crippen molar-refractivity contribution in [2.75, 3.05) is 43.8 Å². The number of aromatic nitrogens is 2. The second kappa shape index (κ2) is 10.2. The summed E-state index contributed by atoms with van der Waals surface area (Å²) in [5.41, 5.74) is 1.24. The molecule has 10 heteroatoms. The van der Waals surface area contributed by atoms with Gasteiger partial charge in [-0.15, -0.1) is 0 Å². The minimum Gasteiger partial charge on any atom is -0.352 e. The Morgan fingerprint density at radius 1 is 1.06 bits per heavy atom. The lowest BCUT2D eigenvalue weighted by Gasteiger charge is -2.34. The van der Waals surface area contributed by atoms with Gasteiger partial charge in [-0.3, -0.25) is 19.3 Å². The van der Waals surface area contributed by atoms with Gasteiger partial charge in [0.1, 0.15) is 0 Å². The summed E-state index contributed by atoms with van der Waals surface area (Å²) in [5.74, 6) is 0.173. The fraction of sp³-hybridized carbons (Fsp3) is 0.455. The third kappa shape index (κ3) is 6.10. The van der Waals surface area contributed by atoms with E-state index in [1.165, 1.54) is 11.8 Å². The number of carbonyl (C=O) groups is 3. The fourth-order valence-electron chi connectivity index (χ4n) is 3.51. The zero-order chi connectivity index (χ0) is 22.5. The van der Waals surface area contributed by atoms with E-state index in [1.54, 1.807) is 30.5 Å². The van der Waals surface area contributed by atoms with Gasteiger partial charge < -0.3 is 20.1 Å². The van der Waals surface area contributed by atoms with Crippen LogP contribution in [0, 0.1) is 0 Å². The first-order chi connectivity index (χ1) is 15.5. The molecular weight excluding hydrogens is 428 g/mol. The van der Waals surface area contributed by atoms with Crippen LogP contribution in [0.4, 0.5) is 5.69 Å². The number of rotatable bonds is 8. The van der Waals surface area contributed by atoms with Gasteiger partial charge in [-0.2, -0.15) is 0 Å². The van der Waals surface area contributed by atoms with Crippen LogP contribution in [0.5, 0.6) is 0 Å². The van der Waals surface area contributed by atoms with Gasteiger partial charge in [0.15, 0.2) is 5.16 Å². The Morgan fingerprint density at radius 2 is 1.78 bits per heavy atom. The van der Waals surface area contributed by atoms with E-state index >= 15 is 0 Å². The molecule has 0 radical (unpaired) electrons. The number of benzene rings is 1. The van der Waals surface area contributed by atoms with Crippen molar-refractivity contribution in [3.05, 3.63) is 42.2 Å². The molecule has 0 bridgehead atoms. The Kier molecular flexibility index (Phi) is 7.11. The molecule has 2 aromatic rings. The van der Waals surface area contributed by atoms with Crippen LogP contribution in [0.1, 0.15) is 23.2 Å². The van der Waals surface area contributed by atoms with Crippen molar-refractivity contribution in [1.29, 1.82) is 0 Å². The summed E-state index contributed by atoms with van der Waals surface area (Å²) in [6.45, 7) is 2.96. The molecule has 1 aromatic carbocycles. The summed E-state index contributed by atoms with van der Waals surface area (Å²) in [6, 6.07) is 7.33. The van der Waals surface area contributed by atoms with Gasteiger partial charge in [-0.05, 0) is 37.1 Å². The van der Waals surface area contributed by atoms with Gasteiger partial charge in [0, 0.05) is 62.9 Å². The molecule has 32 heavy (non-hydrogen) atoms. The third-order valence-corrected chi connectivity index (χ3v) is 6.55. The summed E-state index contributed by atoms with van der Waals surface area (Å²) >= 11 is 1.37. The molecule has 4 rings (SSSR count). The number of anilines is 1. The standard InChI is InChI=1S/C22H28N6O3S/c1-26-9-8-23-22(26)32-15-20(30)25-17-4-2-16(3-5-17)21(31)28-12-10-27(11-13-28)14-19(29)24-18-6-7-18/h2-5,8-9,18H,6-7,10-15H2,1H3,(H,24,29)(H,25,30). The van der Waals surface area contributed by atoms with Crippen molar-refractivity contribution in [3.63, 3.8) is 0 Å². The van der Waals surface area contributed by atoms with Gasteiger partial charge in [0.05, 0.1) is 12.3 Å². The molecule has 170 valence electrons. The Bertz CT molecular complexity index is 964. The van der Waals surface area contributed by atoms with Crippen LogP contribution < -0.4 is 10.6 Å². The molecule has 0 atom stereocenters. The quantitative estimate of drug-likeness (QED) is 0.579. The Labute approximate surface area is 191 Å². The van der Waals surface area contributed by atoms with Crippen molar-refractivity contribution in [2.24, 2.45) is 7.05 Å². The number of imidazole rings is 1. The molecule has 1 aromatic heterocycles. The number of carbonyl (C=O) groups excluding carboxylic acids is 3. The van der Waals surface area contributed by atoms with Crippen molar-refractivity contribution in [1.82, 2.24) is 24.7 Å². The van der Waals surface area contributed by atoms with Crippen molar-refractivity contribution >= 4 is 35.2 Å². The number of nitrogens with zero attached hydrogens (tertiary/aromatic N) is 4. The maximum atomic E-state index is 12.8. The molecule has 9 nitrogen and oxygen atoms in total. The number of hydrogen-bond donors (Lipinski definition) is 2. The van der Waals surface area contributed by atoms with E-state index in [9.17, 15) is 14.4 Å². The highest BCUT2D eigenvalue weighted by atomic mass is 32.2. The minimum atomic E-state index is -0.126. The monoisotopic (exact) mass is 456 g/mol. The second-order valence-corrected chi connectivity index (χ2v) is 9.09. The van der Waals surface area contributed by atoms with E-state index in [4.69, 9.17) is 0 Å². The predicted octanol–water partition coefficient (Wildman–Crippen LogP) is 1.19. The third-order valence-electron chi connectivity index (χ3n) is 5.49. The maximum Gasteiger partial charge on any atom is 0.253 e. The van der Waals surface area contributed by atoms with Gasteiger partial charge >= 0.3 is 0 Å². The lowest BCUT2D eigenvalue weighted by atomic mass is 10.1. The molecule has 2 N–H and O–H groups in total. The number of thioether (sulfide) groups is 1. The van der Waals surface area contributed by atoms with Crippen LogP contribution in [0.15, 0.2) is 41.8 Å². The van der Waals surface area contributed by atoms with E-state index in [0.29, 0.717) is 50.0 Å². The highest BCUT2D eigenvalue weighted by Gasteiger charge is 2.26. The molecule has 1 aliphatic carbocycles. The topological polar surface area (TPSA) is 99.6 Å². The van der Waals surface area contributed by atoms with Gasteiger partial charge in [-0.1, -0.05) is 11.8 Å².